The Kier molecular flexibility index (Phi) is 5.61. The smallest absolute Gasteiger partial charge is 0.326 e. The van der Waals surface area contributed by atoms with Crippen molar-refractivity contribution >= 4 is 22.8 Å². The molecule has 3 N–H and O–H groups in total. The second-order valence-electron chi connectivity index (χ2n) is 7.22. The van der Waals surface area contributed by atoms with Gasteiger partial charge in [-0.2, -0.15) is 0 Å². The van der Waals surface area contributed by atoms with Gasteiger partial charge in [0.15, 0.2) is 0 Å². The third-order valence-corrected chi connectivity index (χ3v) is 5.24. The lowest BCUT2D eigenvalue weighted by molar-refractivity contribution is -0.141. The van der Waals surface area contributed by atoms with Crippen molar-refractivity contribution in [3.8, 4) is 0 Å². The molecule has 30 heavy (non-hydrogen) atoms. The number of fused-ring (bicyclic) bond motifs is 1. The molecule has 4 rings (SSSR count). The molecule has 0 aliphatic rings. The van der Waals surface area contributed by atoms with Crippen LogP contribution >= 0.6 is 0 Å². The minimum absolute atomic E-state index is 0.196. The van der Waals surface area contributed by atoms with E-state index >= 15 is 0 Å². The lowest BCUT2D eigenvalue weighted by Crippen LogP contribution is -2.44. The average molecular weight is 398 g/mol. The Hall–Kier alpha value is -3.86. The van der Waals surface area contributed by atoms with Crippen molar-refractivity contribution in [3.05, 3.63) is 108 Å². The molecule has 0 aliphatic carbocycles. The summed E-state index contributed by atoms with van der Waals surface area (Å²) < 4.78 is 0. The van der Waals surface area contributed by atoms with E-state index in [-0.39, 0.29) is 12.3 Å². The minimum atomic E-state index is -1.06. The molecule has 3 aromatic carbocycles. The van der Waals surface area contributed by atoms with Crippen LogP contribution in [0.25, 0.3) is 10.9 Å². The van der Waals surface area contributed by atoms with E-state index < -0.39 is 17.9 Å². The maximum atomic E-state index is 13.3. The van der Waals surface area contributed by atoms with Crippen LogP contribution in [0.1, 0.15) is 22.6 Å². The molecule has 5 heteroatoms. The van der Waals surface area contributed by atoms with Crippen LogP contribution in [-0.4, -0.2) is 28.0 Å². The molecule has 1 amide bonds. The Bertz CT molecular complexity index is 1110. The third kappa shape index (κ3) is 4.10. The molecular weight excluding hydrogens is 376 g/mol. The predicted octanol–water partition coefficient (Wildman–Crippen LogP) is 4.11. The summed E-state index contributed by atoms with van der Waals surface area (Å²) in [6.45, 7) is 0. The quantitative estimate of drug-likeness (QED) is 0.438. The van der Waals surface area contributed by atoms with Crippen molar-refractivity contribution in [2.45, 2.75) is 18.4 Å². The molecule has 0 bridgehead atoms. The number of carbonyl (C=O) groups excluding carboxylic acids is 1. The summed E-state index contributed by atoms with van der Waals surface area (Å²) in [5, 5.41) is 13.5. The number of carboxylic acids is 1. The topological polar surface area (TPSA) is 82.2 Å². The zero-order valence-corrected chi connectivity index (χ0v) is 16.3. The summed E-state index contributed by atoms with van der Waals surface area (Å²) in [5.41, 5.74) is 3.43. The molecule has 0 spiro atoms. The summed E-state index contributed by atoms with van der Waals surface area (Å²) in [7, 11) is 0. The van der Waals surface area contributed by atoms with Gasteiger partial charge in [-0.1, -0.05) is 78.9 Å². The fraction of sp³-hybridized carbons (Fsp3) is 0.120. The van der Waals surface area contributed by atoms with E-state index in [0.717, 1.165) is 27.6 Å². The number of H-pyrrole nitrogens is 1. The largest absolute Gasteiger partial charge is 0.480 e. The van der Waals surface area contributed by atoms with Gasteiger partial charge >= 0.3 is 5.97 Å². The minimum Gasteiger partial charge on any atom is -0.480 e. The molecule has 4 aromatic rings. The lowest BCUT2D eigenvalue weighted by Gasteiger charge is -2.21. The molecule has 1 aromatic heterocycles. The fourth-order valence-corrected chi connectivity index (χ4v) is 3.76. The van der Waals surface area contributed by atoms with E-state index in [4.69, 9.17) is 0 Å². The molecule has 0 aliphatic heterocycles. The van der Waals surface area contributed by atoms with E-state index in [1.807, 2.05) is 84.9 Å². The maximum Gasteiger partial charge on any atom is 0.326 e. The van der Waals surface area contributed by atoms with Crippen molar-refractivity contribution in [1.29, 1.82) is 0 Å². The molecule has 1 atom stereocenters. The number of hydrogen-bond acceptors (Lipinski definition) is 2. The number of para-hydroxylation sites is 1. The van der Waals surface area contributed by atoms with Gasteiger partial charge in [-0.15, -0.1) is 0 Å². The van der Waals surface area contributed by atoms with Gasteiger partial charge in [0.2, 0.25) is 5.91 Å². The van der Waals surface area contributed by atoms with Crippen molar-refractivity contribution in [3.63, 3.8) is 0 Å². The van der Waals surface area contributed by atoms with Crippen LogP contribution in [0.5, 0.6) is 0 Å². The number of nitrogens with one attached hydrogen (secondary N) is 2. The number of hydrogen-bond donors (Lipinski definition) is 3. The van der Waals surface area contributed by atoms with E-state index in [0.29, 0.717) is 0 Å². The van der Waals surface area contributed by atoms with Gasteiger partial charge in [0.05, 0.1) is 5.92 Å². The first kappa shape index (κ1) is 19.5. The summed E-state index contributed by atoms with van der Waals surface area (Å²) in [6, 6.07) is 25.5. The Balaban J connectivity index is 1.61. The normalized spacial score (nSPS) is 12.0. The molecule has 0 radical (unpaired) electrons. The van der Waals surface area contributed by atoms with Crippen molar-refractivity contribution in [2.24, 2.45) is 0 Å². The van der Waals surface area contributed by atoms with Gasteiger partial charge in [0.1, 0.15) is 6.04 Å². The van der Waals surface area contributed by atoms with Crippen molar-refractivity contribution in [2.75, 3.05) is 0 Å². The summed E-state index contributed by atoms with van der Waals surface area (Å²) in [4.78, 5) is 28.4. The Morgan fingerprint density at radius 2 is 1.40 bits per heavy atom. The monoisotopic (exact) mass is 398 g/mol. The second-order valence-corrected chi connectivity index (χ2v) is 7.22. The number of aromatic amines is 1. The lowest BCUT2D eigenvalue weighted by atomic mass is 9.90. The van der Waals surface area contributed by atoms with Crippen molar-refractivity contribution < 1.29 is 14.7 Å². The van der Waals surface area contributed by atoms with Gasteiger partial charge in [-0.3, -0.25) is 4.79 Å². The highest BCUT2D eigenvalue weighted by Gasteiger charge is 2.28. The first-order valence-corrected chi connectivity index (χ1v) is 9.81. The van der Waals surface area contributed by atoms with E-state index in [1.165, 1.54) is 0 Å². The van der Waals surface area contributed by atoms with Gasteiger partial charge in [-0.25, -0.2) is 4.79 Å². The summed E-state index contributed by atoms with van der Waals surface area (Å²) >= 11 is 0. The highest BCUT2D eigenvalue weighted by molar-refractivity contribution is 5.91. The van der Waals surface area contributed by atoms with Gasteiger partial charge in [0.25, 0.3) is 0 Å². The van der Waals surface area contributed by atoms with Crippen LogP contribution in [0.2, 0.25) is 0 Å². The van der Waals surface area contributed by atoms with Crippen LogP contribution in [0.3, 0.4) is 0 Å². The van der Waals surface area contributed by atoms with Crippen molar-refractivity contribution in [1.82, 2.24) is 10.3 Å². The number of carboxylic acid groups (broad SMARTS) is 1. The van der Waals surface area contributed by atoms with Crippen LogP contribution < -0.4 is 5.32 Å². The highest BCUT2D eigenvalue weighted by Crippen LogP contribution is 2.25. The molecule has 0 saturated heterocycles. The van der Waals surface area contributed by atoms with Crippen LogP contribution in [0, 0.1) is 0 Å². The van der Waals surface area contributed by atoms with E-state index in [9.17, 15) is 14.7 Å². The molecular formula is C25H22N2O3. The predicted molar refractivity (Wildman–Crippen MR) is 116 cm³/mol. The van der Waals surface area contributed by atoms with Gasteiger partial charge in [-0.05, 0) is 22.8 Å². The SMILES string of the molecule is O=C(N[C@H](Cc1c[nH]c2ccccc12)C(=O)O)C(c1ccccc1)c1ccccc1. The number of aliphatic carboxylic acids is 1. The molecule has 0 saturated carbocycles. The number of rotatable bonds is 7. The van der Waals surface area contributed by atoms with Gasteiger partial charge < -0.3 is 15.4 Å². The van der Waals surface area contributed by atoms with Crippen LogP contribution in [-0.2, 0) is 16.0 Å². The molecule has 150 valence electrons. The highest BCUT2D eigenvalue weighted by atomic mass is 16.4. The van der Waals surface area contributed by atoms with E-state index in [1.54, 1.807) is 6.20 Å². The number of aromatic nitrogens is 1. The average Bonchev–Trinajstić information content (AvgIpc) is 3.18. The molecule has 0 unspecified atom stereocenters. The summed E-state index contributed by atoms with van der Waals surface area (Å²) in [5.74, 6) is -1.98. The fourth-order valence-electron chi connectivity index (χ4n) is 3.76. The Morgan fingerprint density at radius 3 is 2.00 bits per heavy atom. The number of carbonyl (C=O) groups is 2. The first-order valence-electron chi connectivity index (χ1n) is 9.81. The zero-order valence-electron chi connectivity index (χ0n) is 16.3. The first-order chi connectivity index (χ1) is 14.6. The second kappa shape index (κ2) is 8.66. The van der Waals surface area contributed by atoms with Gasteiger partial charge in [0, 0.05) is 23.5 Å². The number of benzene rings is 3. The zero-order chi connectivity index (χ0) is 20.9. The molecule has 0 fully saturated rings. The summed E-state index contributed by atoms with van der Waals surface area (Å²) in [6.07, 6.45) is 2.00. The van der Waals surface area contributed by atoms with E-state index in [2.05, 4.69) is 10.3 Å². The Morgan fingerprint density at radius 1 is 0.833 bits per heavy atom. The maximum absolute atomic E-state index is 13.3. The molecule has 1 heterocycles. The Labute approximate surface area is 174 Å². The standard InChI is InChI=1S/C25H22N2O3/c28-24(23(17-9-3-1-4-10-17)18-11-5-2-6-12-18)27-22(25(29)30)15-19-16-26-21-14-8-7-13-20(19)21/h1-14,16,22-23,26H,15H2,(H,27,28)(H,29,30)/t22-/m1/s1. The van der Waals surface area contributed by atoms with Crippen LogP contribution in [0.4, 0.5) is 0 Å². The number of amides is 1. The van der Waals surface area contributed by atoms with Crippen LogP contribution in [0.15, 0.2) is 91.1 Å². The third-order valence-electron chi connectivity index (χ3n) is 5.24. The molecule has 5 nitrogen and oxygen atoms in total.